The van der Waals surface area contributed by atoms with Crippen LogP contribution in [-0.2, 0) is 16.3 Å². The predicted octanol–water partition coefficient (Wildman–Crippen LogP) is 2.80. The van der Waals surface area contributed by atoms with Crippen LogP contribution in [0.4, 0.5) is 4.79 Å². The molecule has 0 aliphatic rings. The summed E-state index contributed by atoms with van der Waals surface area (Å²) in [6.07, 6.45) is 0.671. The molecule has 29 heavy (non-hydrogen) atoms. The van der Waals surface area contributed by atoms with Crippen molar-refractivity contribution < 1.29 is 17.9 Å². The molecule has 0 unspecified atom stereocenters. The molecule has 3 N–H and O–H groups in total. The number of carbonyl (C=O) groups excluding carboxylic acids is 1. The Hall–Kier alpha value is -3.00. The lowest BCUT2D eigenvalue weighted by atomic mass is 10.1. The minimum Gasteiger partial charge on any atom is -0.497 e. The highest BCUT2D eigenvalue weighted by atomic mass is 32.2. The summed E-state index contributed by atoms with van der Waals surface area (Å²) in [5.74, 6) is 0.618. The van der Waals surface area contributed by atoms with Crippen LogP contribution in [0.25, 0.3) is 10.9 Å². The van der Waals surface area contributed by atoms with Crippen molar-refractivity contribution in [1.82, 2.24) is 15.6 Å². The van der Waals surface area contributed by atoms with Crippen molar-refractivity contribution >= 4 is 26.8 Å². The van der Waals surface area contributed by atoms with Crippen molar-refractivity contribution in [3.63, 3.8) is 0 Å². The Morgan fingerprint density at radius 3 is 2.45 bits per heavy atom. The number of aryl methyl sites for hydroxylation is 1. The first kappa shape index (κ1) is 20.7. The number of H-pyrrole nitrogens is 1. The summed E-state index contributed by atoms with van der Waals surface area (Å²) < 4.78 is 30.6. The minimum absolute atomic E-state index is 0.0374. The molecule has 0 aliphatic carbocycles. The molecule has 154 valence electrons. The number of nitrogens with one attached hydrogen (secondary N) is 3. The third kappa shape index (κ3) is 5.08. The summed E-state index contributed by atoms with van der Waals surface area (Å²) in [6, 6.07) is 14.5. The van der Waals surface area contributed by atoms with E-state index in [1.54, 1.807) is 20.1 Å². The van der Waals surface area contributed by atoms with Crippen molar-refractivity contribution in [3.05, 3.63) is 59.8 Å². The van der Waals surface area contributed by atoms with E-state index in [1.165, 1.54) is 0 Å². The number of rotatable bonds is 8. The summed E-state index contributed by atoms with van der Waals surface area (Å²) >= 11 is 0. The third-order valence-electron chi connectivity index (χ3n) is 4.66. The predicted molar refractivity (Wildman–Crippen MR) is 113 cm³/mol. The zero-order valence-corrected chi connectivity index (χ0v) is 17.3. The number of carbonyl (C=O) groups is 1. The fourth-order valence-corrected chi connectivity index (χ4v) is 4.83. The lowest BCUT2D eigenvalue weighted by Crippen LogP contribution is -2.38. The van der Waals surface area contributed by atoms with Crippen molar-refractivity contribution in [3.8, 4) is 5.75 Å². The Morgan fingerprint density at radius 1 is 1.03 bits per heavy atom. The van der Waals surface area contributed by atoms with Gasteiger partial charge in [-0.25, -0.2) is 13.2 Å². The molecule has 0 fully saturated rings. The van der Waals surface area contributed by atoms with Gasteiger partial charge in [0.25, 0.3) is 0 Å². The van der Waals surface area contributed by atoms with Gasteiger partial charge in [-0.3, -0.25) is 0 Å². The largest absolute Gasteiger partial charge is 0.497 e. The first-order chi connectivity index (χ1) is 13.9. The van der Waals surface area contributed by atoms with Gasteiger partial charge in [0.2, 0.25) is 0 Å². The SMILES string of the molecule is COc1ccc(CCNC(=O)NCCS(=O)(=O)c2c(C)[nH]c3ccccc23)cc1. The lowest BCUT2D eigenvalue weighted by molar-refractivity contribution is 0.241. The van der Waals surface area contributed by atoms with Crippen LogP contribution in [0.3, 0.4) is 0 Å². The Morgan fingerprint density at radius 2 is 1.72 bits per heavy atom. The zero-order chi connectivity index (χ0) is 20.9. The number of aromatic amines is 1. The molecule has 0 saturated carbocycles. The maximum atomic E-state index is 12.8. The number of sulfone groups is 1. The number of ether oxygens (including phenoxy) is 1. The Labute approximate surface area is 170 Å². The van der Waals surface area contributed by atoms with Crippen LogP contribution in [0.1, 0.15) is 11.3 Å². The van der Waals surface area contributed by atoms with E-state index in [1.807, 2.05) is 42.5 Å². The Bertz CT molecular complexity index is 1090. The molecule has 8 heteroatoms. The van der Waals surface area contributed by atoms with E-state index in [0.717, 1.165) is 16.8 Å². The van der Waals surface area contributed by atoms with Gasteiger partial charge in [0.1, 0.15) is 5.75 Å². The highest BCUT2D eigenvalue weighted by Gasteiger charge is 2.22. The number of fused-ring (bicyclic) bond motifs is 1. The first-order valence-corrected chi connectivity index (χ1v) is 11.0. The number of para-hydroxylation sites is 1. The van der Waals surface area contributed by atoms with Crippen molar-refractivity contribution in [2.24, 2.45) is 0 Å². The summed E-state index contributed by atoms with van der Waals surface area (Å²) in [5.41, 5.74) is 2.46. The standard InChI is InChI=1S/C21H25N3O4S/c1-15-20(18-5-3-4-6-19(18)24-15)29(26,27)14-13-23-21(25)22-12-11-16-7-9-17(28-2)10-8-16/h3-10,24H,11-14H2,1-2H3,(H2,22,23,25). The van der Waals surface area contributed by atoms with Gasteiger partial charge < -0.3 is 20.4 Å². The van der Waals surface area contributed by atoms with E-state index in [0.29, 0.717) is 28.9 Å². The van der Waals surface area contributed by atoms with E-state index in [4.69, 9.17) is 4.74 Å². The van der Waals surface area contributed by atoms with E-state index < -0.39 is 9.84 Å². The molecule has 0 bridgehead atoms. The summed E-state index contributed by atoms with van der Waals surface area (Å²) in [6.45, 7) is 2.23. The quantitative estimate of drug-likeness (QED) is 0.527. The second-order valence-electron chi connectivity index (χ2n) is 6.72. The average Bonchev–Trinajstić information content (AvgIpc) is 3.05. The van der Waals surface area contributed by atoms with Crippen LogP contribution in [-0.4, -0.2) is 45.4 Å². The highest BCUT2D eigenvalue weighted by Crippen LogP contribution is 2.27. The number of amides is 2. The molecule has 1 heterocycles. The van der Waals surface area contributed by atoms with Crippen LogP contribution in [0.15, 0.2) is 53.4 Å². The molecule has 0 aliphatic heterocycles. The molecule has 2 aromatic carbocycles. The summed E-state index contributed by atoms with van der Waals surface area (Å²) in [7, 11) is -1.91. The van der Waals surface area contributed by atoms with Crippen molar-refractivity contribution in [2.75, 3.05) is 26.0 Å². The number of urea groups is 1. The minimum atomic E-state index is -3.53. The van der Waals surface area contributed by atoms with Crippen LogP contribution >= 0.6 is 0 Å². The summed E-state index contributed by atoms with van der Waals surface area (Å²) in [5, 5.41) is 6.03. The highest BCUT2D eigenvalue weighted by molar-refractivity contribution is 7.91. The van der Waals surface area contributed by atoms with Gasteiger partial charge >= 0.3 is 6.03 Å². The van der Waals surface area contributed by atoms with Crippen molar-refractivity contribution in [2.45, 2.75) is 18.2 Å². The average molecular weight is 416 g/mol. The van der Waals surface area contributed by atoms with E-state index in [-0.39, 0.29) is 18.3 Å². The second-order valence-corrected chi connectivity index (χ2v) is 8.77. The maximum Gasteiger partial charge on any atom is 0.314 e. The normalized spacial score (nSPS) is 11.4. The molecule has 7 nitrogen and oxygen atoms in total. The first-order valence-electron chi connectivity index (χ1n) is 9.35. The van der Waals surface area contributed by atoms with Gasteiger partial charge in [0.05, 0.1) is 17.8 Å². The molecule has 3 aromatic rings. The lowest BCUT2D eigenvalue weighted by Gasteiger charge is -2.09. The Kier molecular flexibility index (Phi) is 6.43. The molecule has 0 saturated heterocycles. The summed E-state index contributed by atoms with van der Waals surface area (Å²) in [4.78, 5) is 15.3. The van der Waals surface area contributed by atoms with E-state index in [2.05, 4.69) is 15.6 Å². The molecule has 0 spiro atoms. The number of aromatic nitrogens is 1. The van der Waals surface area contributed by atoms with Gasteiger partial charge in [-0.1, -0.05) is 30.3 Å². The molecule has 0 atom stereocenters. The van der Waals surface area contributed by atoms with Crippen LogP contribution in [0.2, 0.25) is 0 Å². The van der Waals surface area contributed by atoms with Crippen LogP contribution in [0, 0.1) is 6.92 Å². The molecule has 1 aromatic heterocycles. The Balaban J connectivity index is 1.48. The third-order valence-corrected chi connectivity index (χ3v) is 6.55. The maximum absolute atomic E-state index is 12.8. The van der Waals surface area contributed by atoms with Gasteiger partial charge in [0, 0.05) is 29.7 Å². The number of hydrogen-bond donors (Lipinski definition) is 3. The van der Waals surface area contributed by atoms with Crippen LogP contribution in [0.5, 0.6) is 5.75 Å². The smallest absolute Gasteiger partial charge is 0.314 e. The topological polar surface area (TPSA) is 100 Å². The van der Waals surface area contributed by atoms with Gasteiger partial charge in [-0.2, -0.15) is 0 Å². The molecular weight excluding hydrogens is 390 g/mol. The fraction of sp³-hybridized carbons (Fsp3) is 0.286. The number of benzene rings is 2. The number of methoxy groups -OCH3 is 1. The molecule has 0 radical (unpaired) electrons. The van der Waals surface area contributed by atoms with Gasteiger partial charge in [-0.05, 0) is 37.1 Å². The van der Waals surface area contributed by atoms with Gasteiger partial charge in [-0.15, -0.1) is 0 Å². The monoisotopic (exact) mass is 415 g/mol. The van der Waals surface area contributed by atoms with E-state index in [9.17, 15) is 13.2 Å². The van der Waals surface area contributed by atoms with Crippen LogP contribution < -0.4 is 15.4 Å². The van der Waals surface area contributed by atoms with Gasteiger partial charge in [0.15, 0.2) is 9.84 Å². The van der Waals surface area contributed by atoms with E-state index >= 15 is 0 Å². The molecule has 3 rings (SSSR count). The molecule has 2 amide bonds. The molecular formula is C21H25N3O4S. The fourth-order valence-electron chi connectivity index (χ4n) is 3.23. The number of hydrogen-bond acceptors (Lipinski definition) is 4. The zero-order valence-electron chi connectivity index (χ0n) is 16.5. The second kappa shape index (κ2) is 9.00. The van der Waals surface area contributed by atoms with Crippen molar-refractivity contribution in [1.29, 1.82) is 0 Å².